The van der Waals surface area contributed by atoms with E-state index in [1.54, 1.807) is 18.2 Å². The highest BCUT2D eigenvalue weighted by atomic mass is 79.9. The first-order chi connectivity index (χ1) is 8.95. The summed E-state index contributed by atoms with van der Waals surface area (Å²) in [6.07, 6.45) is 4.78. The van der Waals surface area contributed by atoms with E-state index in [-0.39, 0.29) is 15.3 Å². The number of nitrogens with one attached hydrogen (secondary N) is 1. The molecule has 0 atom stereocenters. The van der Waals surface area contributed by atoms with Gasteiger partial charge < -0.3 is 0 Å². The van der Waals surface area contributed by atoms with Gasteiger partial charge in [-0.05, 0) is 65.1 Å². The van der Waals surface area contributed by atoms with Gasteiger partial charge in [-0.25, -0.2) is 13.1 Å². The van der Waals surface area contributed by atoms with E-state index in [4.69, 9.17) is 11.6 Å². The summed E-state index contributed by atoms with van der Waals surface area (Å²) in [4.78, 5) is 0.142. The highest BCUT2D eigenvalue weighted by molar-refractivity contribution is 9.10. The molecule has 6 heteroatoms. The minimum Gasteiger partial charge on any atom is -0.211 e. The molecule has 3 nitrogen and oxygen atoms in total. The minimum absolute atomic E-state index is 0.142. The summed E-state index contributed by atoms with van der Waals surface area (Å²) < 4.78 is 28.0. The van der Waals surface area contributed by atoms with Gasteiger partial charge in [0.05, 0.1) is 5.02 Å². The van der Waals surface area contributed by atoms with Gasteiger partial charge in [-0.1, -0.05) is 17.7 Å². The molecule has 0 spiro atoms. The Morgan fingerprint density at radius 1 is 1.37 bits per heavy atom. The quantitative estimate of drug-likeness (QED) is 0.868. The lowest BCUT2D eigenvalue weighted by molar-refractivity contribution is 0.432. The molecule has 3 rings (SSSR count). The maximum absolute atomic E-state index is 12.4. The number of sulfonamides is 1. The minimum atomic E-state index is -3.55. The second-order valence-electron chi connectivity index (χ2n) is 5.51. The van der Waals surface area contributed by atoms with Gasteiger partial charge in [0.15, 0.2) is 0 Å². The van der Waals surface area contributed by atoms with Crippen LogP contribution in [-0.4, -0.2) is 15.0 Å². The van der Waals surface area contributed by atoms with Crippen molar-refractivity contribution in [3.63, 3.8) is 0 Å². The third-order valence-electron chi connectivity index (χ3n) is 4.14. The van der Waals surface area contributed by atoms with Gasteiger partial charge in [-0.15, -0.1) is 0 Å². The molecule has 0 aromatic heterocycles. The second kappa shape index (κ2) is 4.72. The average Bonchev–Trinajstić information content (AvgIpc) is 3.19. The predicted molar refractivity (Wildman–Crippen MR) is 78.7 cm³/mol. The number of hydrogen-bond donors (Lipinski definition) is 1. The van der Waals surface area contributed by atoms with E-state index in [9.17, 15) is 8.42 Å². The van der Waals surface area contributed by atoms with E-state index in [0.29, 0.717) is 11.0 Å². The van der Waals surface area contributed by atoms with Crippen molar-refractivity contribution in [1.82, 2.24) is 4.72 Å². The largest absolute Gasteiger partial charge is 0.243 e. The zero-order valence-electron chi connectivity index (χ0n) is 10.3. The fraction of sp³-hybridized carbons (Fsp3) is 0.538. The first-order valence-electron chi connectivity index (χ1n) is 6.38. The maximum Gasteiger partial charge on any atom is 0.243 e. The van der Waals surface area contributed by atoms with Gasteiger partial charge >= 0.3 is 0 Å². The third-order valence-corrected chi connectivity index (χ3v) is 6.99. The Balaban J connectivity index is 1.79. The molecular weight excluding hydrogens is 350 g/mol. The lowest BCUT2D eigenvalue weighted by atomic mass is 10.0. The molecule has 2 fully saturated rings. The molecule has 0 heterocycles. The van der Waals surface area contributed by atoms with Crippen LogP contribution in [0.4, 0.5) is 0 Å². The maximum atomic E-state index is 12.4. The van der Waals surface area contributed by atoms with Gasteiger partial charge in [-0.2, -0.15) is 0 Å². The van der Waals surface area contributed by atoms with Gasteiger partial charge in [0.2, 0.25) is 10.0 Å². The number of hydrogen-bond acceptors (Lipinski definition) is 2. The van der Waals surface area contributed by atoms with Crippen molar-refractivity contribution in [2.24, 2.45) is 11.3 Å². The average molecular weight is 365 g/mol. The predicted octanol–water partition coefficient (Wildman–Crippen LogP) is 3.57. The monoisotopic (exact) mass is 363 g/mol. The fourth-order valence-corrected chi connectivity index (χ4v) is 5.51. The van der Waals surface area contributed by atoms with Crippen molar-refractivity contribution in [2.75, 3.05) is 6.54 Å². The van der Waals surface area contributed by atoms with Crippen LogP contribution in [0.1, 0.15) is 25.7 Å². The number of rotatable bonds is 5. The summed E-state index contributed by atoms with van der Waals surface area (Å²) in [6, 6.07) is 5.00. The SMILES string of the molecule is O=S(=O)(NCC1(C2CC2)CC1)c1c(Cl)cccc1Br. The van der Waals surface area contributed by atoms with Crippen LogP contribution in [0, 0.1) is 11.3 Å². The third kappa shape index (κ3) is 2.71. The van der Waals surface area contributed by atoms with Gasteiger partial charge in [0.1, 0.15) is 4.90 Å². The van der Waals surface area contributed by atoms with Crippen molar-refractivity contribution in [3.8, 4) is 0 Å². The van der Waals surface area contributed by atoms with E-state index in [1.807, 2.05) is 0 Å². The van der Waals surface area contributed by atoms with Crippen molar-refractivity contribution < 1.29 is 8.42 Å². The van der Waals surface area contributed by atoms with Gasteiger partial charge in [0, 0.05) is 11.0 Å². The smallest absolute Gasteiger partial charge is 0.211 e. The number of benzene rings is 1. The van der Waals surface area contributed by atoms with Gasteiger partial charge in [0.25, 0.3) is 0 Å². The van der Waals surface area contributed by atoms with Crippen LogP contribution in [-0.2, 0) is 10.0 Å². The summed E-state index contributed by atoms with van der Waals surface area (Å²) in [5.41, 5.74) is 0.237. The zero-order chi connectivity index (χ0) is 13.7. The van der Waals surface area contributed by atoms with E-state index < -0.39 is 10.0 Å². The molecule has 104 valence electrons. The van der Waals surface area contributed by atoms with Crippen molar-refractivity contribution in [2.45, 2.75) is 30.6 Å². The molecule has 1 N–H and O–H groups in total. The lowest BCUT2D eigenvalue weighted by Gasteiger charge is -2.16. The normalized spacial score (nSPS) is 21.4. The highest BCUT2D eigenvalue weighted by Crippen LogP contribution is 2.60. The van der Waals surface area contributed by atoms with Crippen LogP contribution < -0.4 is 4.72 Å². The Morgan fingerprint density at radius 3 is 2.58 bits per heavy atom. The molecule has 0 bridgehead atoms. The molecule has 0 unspecified atom stereocenters. The Hall–Kier alpha value is -0.100. The molecule has 0 radical (unpaired) electrons. The van der Waals surface area contributed by atoms with Crippen LogP contribution in [0.5, 0.6) is 0 Å². The van der Waals surface area contributed by atoms with Crippen LogP contribution >= 0.6 is 27.5 Å². The van der Waals surface area contributed by atoms with Crippen molar-refractivity contribution >= 4 is 37.6 Å². The summed E-state index contributed by atoms with van der Waals surface area (Å²) >= 11 is 9.26. The molecule has 2 aliphatic rings. The number of halogens is 2. The Bertz CT molecular complexity index is 589. The van der Waals surface area contributed by atoms with Crippen LogP contribution in [0.3, 0.4) is 0 Å². The Kier molecular flexibility index (Phi) is 3.45. The molecule has 0 amide bonds. The summed E-state index contributed by atoms with van der Waals surface area (Å²) in [5.74, 6) is 0.727. The molecular formula is C13H15BrClNO2S. The van der Waals surface area contributed by atoms with Crippen molar-refractivity contribution in [1.29, 1.82) is 0 Å². The van der Waals surface area contributed by atoms with Gasteiger partial charge in [-0.3, -0.25) is 0 Å². The Labute approximate surface area is 126 Å². The summed E-state index contributed by atoms with van der Waals surface area (Å²) in [6.45, 7) is 0.539. The molecule has 2 saturated carbocycles. The van der Waals surface area contributed by atoms with E-state index in [2.05, 4.69) is 20.7 Å². The topological polar surface area (TPSA) is 46.2 Å². The second-order valence-corrected chi connectivity index (χ2v) is 8.48. The van der Waals surface area contributed by atoms with Crippen molar-refractivity contribution in [3.05, 3.63) is 27.7 Å². The lowest BCUT2D eigenvalue weighted by Crippen LogP contribution is -2.31. The molecule has 1 aromatic carbocycles. The van der Waals surface area contributed by atoms with Crippen LogP contribution in [0.2, 0.25) is 5.02 Å². The first kappa shape index (κ1) is 13.9. The van der Waals surface area contributed by atoms with Crippen LogP contribution in [0.15, 0.2) is 27.6 Å². The summed E-state index contributed by atoms with van der Waals surface area (Å²) in [7, 11) is -3.55. The standard InChI is InChI=1S/C13H15BrClNO2S/c14-10-2-1-3-11(15)12(10)19(17,18)16-8-13(6-7-13)9-4-5-9/h1-3,9,16H,4-8H2. The first-order valence-corrected chi connectivity index (χ1v) is 9.04. The highest BCUT2D eigenvalue weighted by Gasteiger charge is 2.53. The summed E-state index contributed by atoms with van der Waals surface area (Å²) in [5, 5.41) is 0.248. The van der Waals surface area contributed by atoms with E-state index in [1.165, 1.54) is 12.8 Å². The van der Waals surface area contributed by atoms with E-state index >= 15 is 0 Å². The van der Waals surface area contributed by atoms with Crippen LogP contribution in [0.25, 0.3) is 0 Å². The molecule has 0 aliphatic heterocycles. The molecule has 19 heavy (non-hydrogen) atoms. The molecule has 1 aromatic rings. The zero-order valence-corrected chi connectivity index (χ0v) is 13.5. The fourth-order valence-electron chi connectivity index (χ4n) is 2.64. The molecule has 2 aliphatic carbocycles. The van der Waals surface area contributed by atoms with E-state index in [0.717, 1.165) is 18.8 Å². The molecule has 0 saturated heterocycles. The Morgan fingerprint density at radius 2 is 2.05 bits per heavy atom.